The highest BCUT2D eigenvalue weighted by Crippen LogP contribution is 2.25. The second-order valence-electron chi connectivity index (χ2n) is 7.31. The highest BCUT2D eigenvalue weighted by Gasteiger charge is 2.14. The zero-order valence-corrected chi connectivity index (χ0v) is 18.6. The van der Waals surface area contributed by atoms with Gasteiger partial charge in [-0.15, -0.1) is 11.3 Å². The number of rotatable bonds is 9. The molecule has 3 aromatic rings. The minimum absolute atomic E-state index is 0.0576. The number of nitriles is 1. The van der Waals surface area contributed by atoms with E-state index in [4.69, 9.17) is 5.26 Å². The number of amides is 1. The summed E-state index contributed by atoms with van der Waals surface area (Å²) in [4.78, 5) is 17.0. The molecule has 0 aliphatic rings. The Bertz CT molecular complexity index is 1040. The van der Waals surface area contributed by atoms with E-state index in [1.54, 1.807) is 0 Å². The lowest BCUT2D eigenvalue weighted by Crippen LogP contribution is -2.12. The van der Waals surface area contributed by atoms with Gasteiger partial charge in [-0.1, -0.05) is 37.6 Å². The largest absolute Gasteiger partial charge is 0.302 e. The lowest BCUT2D eigenvalue weighted by molar-refractivity contribution is -0.116. The molecule has 1 amide bonds. The standard InChI is InChI=1S/C23H27N5OS/c1-4-6-18-7-9-19(10-8-18)21-15-30-23(25-21)26-22(29)12-11-20-16(2)27-28(17(20)3)14-5-13-24/h7-10,15H,4-6,11-12,14H2,1-3H3,(H,25,26,29). The van der Waals surface area contributed by atoms with Gasteiger partial charge in [-0.05, 0) is 37.8 Å². The van der Waals surface area contributed by atoms with Gasteiger partial charge in [0.25, 0.3) is 0 Å². The second kappa shape index (κ2) is 10.2. The Morgan fingerprint density at radius 1 is 1.23 bits per heavy atom. The molecule has 0 aliphatic heterocycles. The molecule has 0 fully saturated rings. The SMILES string of the molecule is CCCc1ccc(-c2csc(NC(=O)CCc3c(C)nn(CCC#N)c3C)n2)cc1. The molecule has 2 heterocycles. The number of nitrogens with one attached hydrogen (secondary N) is 1. The number of aromatic nitrogens is 3. The Kier molecular flexibility index (Phi) is 7.36. The predicted molar refractivity (Wildman–Crippen MR) is 120 cm³/mol. The molecule has 0 saturated heterocycles. The highest BCUT2D eigenvalue weighted by molar-refractivity contribution is 7.14. The van der Waals surface area contributed by atoms with Crippen LogP contribution in [0, 0.1) is 25.2 Å². The van der Waals surface area contributed by atoms with Crippen molar-refractivity contribution in [2.24, 2.45) is 0 Å². The van der Waals surface area contributed by atoms with Crippen LogP contribution in [0.3, 0.4) is 0 Å². The van der Waals surface area contributed by atoms with Gasteiger partial charge in [0.1, 0.15) is 0 Å². The van der Waals surface area contributed by atoms with Crippen molar-refractivity contribution in [1.29, 1.82) is 5.26 Å². The van der Waals surface area contributed by atoms with Gasteiger partial charge in [-0.3, -0.25) is 9.48 Å². The maximum Gasteiger partial charge on any atom is 0.226 e. The normalized spacial score (nSPS) is 10.7. The van der Waals surface area contributed by atoms with Crippen molar-refractivity contribution in [3.05, 3.63) is 52.2 Å². The predicted octanol–water partition coefficient (Wildman–Crippen LogP) is 5.06. The van der Waals surface area contributed by atoms with Crippen LogP contribution >= 0.6 is 11.3 Å². The summed E-state index contributed by atoms with van der Waals surface area (Å²) < 4.78 is 1.85. The van der Waals surface area contributed by atoms with Crippen LogP contribution in [0.15, 0.2) is 29.6 Å². The van der Waals surface area contributed by atoms with Crippen LogP contribution in [-0.2, 0) is 24.2 Å². The molecule has 1 N–H and O–H groups in total. The molecule has 2 aromatic heterocycles. The van der Waals surface area contributed by atoms with Crippen molar-refractivity contribution >= 4 is 22.4 Å². The van der Waals surface area contributed by atoms with Gasteiger partial charge in [0.05, 0.1) is 30.4 Å². The fraction of sp³-hybridized carbons (Fsp3) is 0.391. The zero-order chi connectivity index (χ0) is 21.5. The number of benzene rings is 1. The third-order valence-corrected chi connectivity index (χ3v) is 5.87. The van der Waals surface area contributed by atoms with E-state index in [0.717, 1.165) is 41.1 Å². The van der Waals surface area contributed by atoms with Gasteiger partial charge in [-0.2, -0.15) is 10.4 Å². The summed E-state index contributed by atoms with van der Waals surface area (Å²) in [6.45, 7) is 6.69. The number of nitrogens with zero attached hydrogens (tertiary/aromatic N) is 4. The maximum absolute atomic E-state index is 12.4. The molecule has 0 saturated carbocycles. The molecule has 30 heavy (non-hydrogen) atoms. The summed E-state index contributed by atoms with van der Waals surface area (Å²) in [5.74, 6) is -0.0576. The van der Waals surface area contributed by atoms with Crippen molar-refractivity contribution < 1.29 is 4.79 Å². The fourth-order valence-electron chi connectivity index (χ4n) is 3.48. The van der Waals surface area contributed by atoms with Gasteiger partial charge >= 0.3 is 0 Å². The van der Waals surface area contributed by atoms with E-state index < -0.39 is 0 Å². The fourth-order valence-corrected chi connectivity index (χ4v) is 4.22. The van der Waals surface area contributed by atoms with Crippen molar-refractivity contribution in [2.45, 2.75) is 59.4 Å². The van der Waals surface area contributed by atoms with E-state index in [1.807, 2.05) is 23.9 Å². The van der Waals surface area contributed by atoms with Crippen LogP contribution in [-0.4, -0.2) is 20.7 Å². The number of aryl methyl sites for hydroxylation is 3. The molecule has 0 unspecified atom stereocenters. The van der Waals surface area contributed by atoms with Crippen LogP contribution in [0.5, 0.6) is 0 Å². The number of anilines is 1. The molecule has 1 aromatic carbocycles. The van der Waals surface area contributed by atoms with E-state index in [0.29, 0.717) is 30.9 Å². The highest BCUT2D eigenvalue weighted by atomic mass is 32.1. The Hall–Kier alpha value is -2.98. The lowest BCUT2D eigenvalue weighted by atomic mass is 10.1. The summed E-state index contributed by atoms with van der Waals surface area (Å²) in [5, 5.41) is 18.8. The molecule has 7 heteroatoms. The molecule has 0 spiro atoms. The maximum atomic E-state index is 12.4. The minimum Gasteiger partial charge on any atom is -0.302 e. The molecule has 0 aliphatic carbocycles. The first-order valence-electron chi connectivity index (χ1n) is 10.3. The summed E-state index contributed by atoms with van der Waals surface area (Å²) in [7, 11) is 0. The van der Waals surface area contributed by atoms with E-state index in [2.05, 4.69) is 52.7 Å². The van der Waals surface area contributed by atoms with Crippen LogP contribution in [0.2, 0.25) is 0 Å². The smallest absolute Gasteiger partial charge is 0.226 e. The summed E-state index contributed by atoms with van der Waals surface area (Å²) in [5.41, 5.74) is 6.29. The Labute approximate surface area is 181 Å². The molecule has 6 nitrogen and oxygen atoms in total. The second-order valence-corrected chi connectivity index (χ2v) is 8.17. The summed E-state index contributed by atoms with van der Waals surface area (Å²) in [6, 6.07) is 10.6. The van der Waals surface area contributed by atoms with Gasteiger partial charge in [0.2, 0.25) is 5.91 Å². The summed E-state index contributed by atoms with van der Waals surface area (Å²) in [6.07, 6.45) is 3.62. The molecule has 3 rings (SSSR count). The molecular weight excluding hydrogens is 394 g/mol. The molecule has 0 atom stereocenters. The van der Waals surface area contributed by atoms with Crippen LogP contribution in [0.1, 0.15) is 48.7 Å². The van der Waals surface area contributed by atoms with E-state index in [1.165, 1.54) is 16.9 Å². The monoisotopic (exact) mass is 421 g/mol. The van der Waals surface area contributed by atoms with Crippen LogP contribution in [0.25, 0.3) is 11.3 Å². The minimum atomic E-state index is -0.0576. The van der Waals surface area contributed by atoms with Crippen molar-refractivity contribution in [1.82, 2.24) is 14.8 Å². The van der Waals surface area contributed by atoms with Crippen LogP contribution in [0.4, 0.5) is 5.13 Å². The number of carbonyl (C=O) groups excluding carboxylic acids is 1. The molecular formula is C23H27N5OS. The third kappa shape index (κ3) is 5.33. The molecule has 156 valence electrons. The van der Waals surface area contributed by atoms with E-state index >= 15 is 0 Å². The first-order chi connectivity index (χ1) is 14.5. The van der Waals surface area contributed by atoms with E-state index in [9.17, 15) is 4.79 Å². The lowest BCUT2D eigenvalue weighted by Gasteiger charge is -2.04. The molecule has 0 bridgehead atoms. The van der Waals surface area contributed by atoms with Gasteiger partial charge in [-0.25, -0.2) is 4.98 Å². The quantitative estimate of drug-likeness (QED) is 0.523. The van der Waals surface area contributed by atoms with Crippen LogP contribution < -0.4 is 5.32 Å². The van der Waals surface area contributed by atoms with Gasteiger partial charge in [0.15, 0.2) is 5.13 Å². The van der Waals surface area contributed by atoms with Crippen molar-refractivity contribution in [3.8, 4) is 17.3 Å². The first kappa shape index (κ1) is 21.7. The zero-order valence-electron chi connectivity index (χ0n) is 17.7. The number of thiazole rings is 1. The number of hydrogen-bond acceptors (Lipinski definition) is 5. The Morgan fingerprint density at radius 2 is 2.00 bits per heavy atom. The van der Waals surface area contributed by atoms with Crippen molar-refractivity contribution in [3.63, 3.8) is 0 Å². The number of hydrogen-bond donors (Lipinski definition) is 1. The Balaban J connectivity index is 1.57. The van der Waals surface area contributed by atoms with E-state index in [-0.39, 0.29) is 5.91 Å². The van der Waals surface area contributed by atoms with Gasteiger partial charge < -0.3 is 5.32 Å². The van der Waals surface area contributed by atoms with Crippen molar-refractivity contribution in [2.75, 3.05) is 5.32 Å². The number of carbonyl (C=O) groups is 1. The Morgan fingerprint density at radius 3 is 2.70 bits per heavy atom. The first-order valence-corrected chi connectivity index (χ1v) is 11.1. The van der Waals surface area contributed by atoms with Gasteiger partial charge in [0, 0.05) is 23.1 Å². The average Bonchev–Trinajstić information content (AvgIpc) is 3.30. The third-order valence-electron chi connectivity index (χ3n) is 5.11. The topological polar surface area (TPSA) is 83.6 Å². The molecule has 0 radical (unpaired) electrons. The average molecular weight is 422 g/mol. The summed E-state index contributed by atoms with van der Waals surface area (Å²) >= 11 is 1.44.